The quantitative estimate of drug-likeness (QED) is 0.335. The summed E-state index contributed by atoms with van der Waals surface area (Å²) in [7, 11) is -9.12. The second-order valence-electron chi connectivity index (χ2n) is 8.46. The van der Waals surface area contributed by atoms with Crippen molar-refractivity contribution >= 4 is 30.9 Å². The minimum absolute atomic E-state index is 0.162. The number of nitrogens with one attached hydrogen (secondary N) is 1. The maximum atomic E-state index is 14.5. The molecule has 0 spiro atoms. The third-order valence-corrected chi connectivity index (χ3v) is 9.17. The van der Waals surface area contributed by atoms with Gasteiger partial charge < -0.3 is 0 Å². The first kappa shape index (κ1) is 25.9. The zero-order chi connectivity index (χ0) is 26.3. The van der Waals surface area contributed by atoms with Gasteiger partial charge in [0.15, 0.2) is 0 Å². The van der Waals surface area contributed by atoms with Gasteiger partial charge in [0.25, 0.3) is 20.0 Å². The molecule has 1 atom stereocenters. The highest BCUT2D eigenvalue weighted by atomic mass is 32.2. The predicted molar refractivity (Wildman–Crippen MR) is 131 cm³/mol. The van der Waals surface area contributed by atoms with Gasteiger partial charge in [-0.25, -0.2) is 29.9 Å². The van der Waals surface area contributed by atoms with Gasteiger partial charge in [0.05, 0.1) is 5.52 Å². The van der Waals surface area contributed by atoms with E-state index in [-0.39, 0.29) is 6.42 Å². The molecule has 0 radical (unpaired) electrons. The molecule has 0 amide bonds. The first-order valence-electron chi connectivity index (χ1n) is 10.9. The number of rotatable bonds is 8. The van der Waals surface area contributed by atoms with Gasteiger partial charge in [-0.1, -0.05) is 54.6 Å². The summed E-state index contributed by atoms with van der Waals surface area (Å²) in [6.07, 6.45) is 0.162. The molecule has 190 valence electrons. The number of hydrogen-bond donors (Lipinski definition) is 1. The van der Waals surface area contributed by atoms with Crippen molar-refractivity contribution in [1.29, 1.82) is 0 Å². The van der Waals surface area contributed by atoms with Crippen molar-refractivity contribution in [3.63, 3.8) is 0 Å². The van der Waals surface area contributed by atoms with Crippen LogP contribution in [0.3, 0.4) is 0 Å². The highest BCUT2D eigenvalue weighted by Crippen LogP contribution is 2.29. The minimum Gasteiger partial charge on any atom is -0.238 e. The Morgan fingerprint density at radius 2 is 1.53 bits per heavy atom. The fourth-order valence-corrected chi connectivity index (χ4v) is 6.31. The van der Waals surface area contributed by atoms with E-state index >= 15 is 0 Å². The van der Waals surface area contributed by atoms with Crippen LogP contribution in [0.15, 0.2) is 83.8 Å². The van der Waals surface area contributed by atoms with Crippen LogP contribution in [0.1, 0.15) is 36.7 Å². The van der Waals surface area contributed by atoms with Gasteiger partial charge in [0, 0.05) is 30.5 Å². The van der Waals surface area contributed by atoms with Gasteiger partial charge in [0.2, 0.25) is 0 Å². The Labute approximate surface area is 207 Å². The van der Waals surface area contributed by atoms with Crippen molar-refractivity contribution in [2.24, 2.45) is 0 Å². The molecule has 36 heavy (non-hydrogen) atoms. The Morgan fingerprint density at radius 1 is 0.917 bits per heavy atom. The number of fused-ring (bicyclic) bond motifs is 1. The van der Waals surface area contributed by atoms with Crippen molar-refractivity contribution in [2.45, 2.75) is 36.5 Å². The molecule has 0 saturated heterocycles. The first-order valence-corrected chi connectivity index (χ1v) is 13.8. The SMILES string of the molecule is C[C@H](NS(=O)(=O)C(C)(F)F)c1ccc(Cc2cc3ccccc3n2S(=O)(=O)c2ccccc2F)cc1. The molecule has 0 fully saturated rings. The Balaban J connectivity index is 1.69. The molecular weight excluding hydrogens is 513 g/mol. The predicted octanol–water partition coefficient (Wildman–Crippen LogP) is 5.20. The fourth-order valence-electron chi connectivity index (χ4n) is 3.88. The van der Waals surface area contributed by atoms with Crippen molar-refractivity contribution in [3.8, 4) is 0 Å². The molecule has 4 aromatic rings. The number of benzene rings is 3. The molecular formula is C25H23F3N2O4S2. The largest absolute Gasteiger partial charge is 0.356 e. The number of alkyl halides is 2. The van der Waals surface area contributed by atoms with Crippen LogP contribution in [0, 0.1) is 5.82 Å². The molecule has 1 N–H and O–H groups in total. The molecule has 11 heteroatoms. The van der Waals surface area contributed by atoms with Crippen molar-refractivity contribution in [2.75, 3.05) is 0 Å². The van der Waals surface area contributed by atoms with Gasteiger partial charge >= 0.3 is 5.25 Å². The fraction of sp³-hybridized carbons (Fsp3) is 0.200. The summed E-state index contributed by atoms with van der Waals surface area (Å²) in [5.41, 5.74) is 1.93. The van der Waals surface area contributed by atoms with E-state index in [0.29, 0.717) is 34.6 Å². The Kier molecular flexibility index (Phi) is 6.76. The second-order valence-corrected chi connectivity index (χ2v) is 12.2. The summed E-state index contributed by atoms with van der Waals surface area (Å²) in [6, 6.07) is 19.3. The molecule has 1 aromatic heterocycles. The van der Waals surface area contributed by atoms with E-state index in [4.69, 9.17) is 0 Å². The highest BCUT2D eigenvalue weighted by Gasteiger charge is 2.40. The Hall–Kier alpha value is -3.15. The smallest absolute Gasteiger partial charge is 0.238 e. The number of hydrogen-bond acceptors (Lipinski definition) is 4. The van der Waals surface area contributed by atoms with Gasteiger partial charge in [-0.2, -0.15) is 8.78 Å². The molecule has 0 bridgehead atoms. The van der Waals surface area contributed by atoms with E-state index in [9.17, 15) is 30.0 Å². The van der Waals surface area contributed by atoms with Crippen molar-refractivity contribution < 1.29 is 30.0 Å². The van der Waals surface area contributed by atoms with E-state index in [1.165, 1.54) is 25.1 Å². The van der Waals surface area contributed by atoms with E-state index in [1.54, 1.807) is 54.6 Å². The van der Waals surface area contributed by atoms with Crippen LogP contribution < -0.4 is 4.72 Å². The number of sulfonamides is 1. The Bertz CT molecular complexity index is 1630. The van der Waals surface area contributed by atoms with Crippen molar-refractivity contribution in [3.05, 3.63) is 102 Å². The summed E-state index contributed by atoms with van der Waals surface area (Å²) < 4.78 is 94.7. The van der Waals surface area contributed by atoms with E-state index in [1.807, 2.05) is 4.72 Å². The summed E-state index contributed by atoms with van der Waals surface area (Å²) >= 11 is 0. The number of aromatic nitrogens is 1. The molecule has 0 unspecified atom stereocenters. The van der Waals surface area contributed by atoms with E-state index in [0.717, 1.165) is 10.0 Å². The molecule has 0 aliphatic carbocycles. The van der Waals surface area contributed by atoms with Gasteiger partial charge in [-0.3, -0.25) is 0 Å². The molecule has 3 aromatic carbocycles. The maximum absolute atomic E-state index is 14.5. The standard InChI is InChI=1S/C25H23F3N2O4S2/c1-17(29-36(33,34)25(2,27)28)19-13-11-18(12-14-19)15-21-16-20-7-3-5-9-23(20)30(21)35(31,32)24-10-6-4-8-22(24)26/h3-14,16-17,29H,15H2,1-2H3/t17-/m0/s1. The van der Waals surface area contributed by atoms with Crippen LogP contribution in [-0.2, 0) is 26.5 Å². The molecule has 0 saturated carbocycles. The summed E-state index contributed by atoms with van der Waals surface area (Å²) in [5.74, 6) is -0.861. The average molecular weight is 537 g/mol. The van der Waals surface area contributed by atoms with E-state index in [2.05, 4.69) is 0 Å². The molecule has 6 nitrogen and oxygen atoms in total. The zero-order valence-corrected chi connectivity index (χ0v) is 21.0. The van der Waals surface area contributed by atoms with Crippen molar-refractivity contribution in [1.82, 2.24) is 8.69 Å². The van der Waals surface area contributed by atoms with Crippen LogP contribution in [0.25, 0.3) is 10.9 Å². The first-order chi connectivity index (χ1) is 16.8. The molecule has 0 aliphatic rings. The second kappa shape index (κ2) is 9.38. The number of halogens is 3. The van der Waals surface area contributed by atoms with E-state index < -0.39 is 42.1 Å². The lowest BCUT2D eigenvalue weighted by atomic mass is 10.0. The lowest BCUT2D eigenvalue weighted by Gasteiger charge is -2.18. The number of nitrogens with zero attached hydrogens (tertiary/aromatic N) is 1. The minimum atomic E-state index is -4.85. The third-order valence-electron chi connectivity index (χ3n) is 5.76. The topological polar surface area (TPSA) is 85.2 Å². The number of para-hydroxylation sites is 1. The molecule has 0 aliphatic heterocycles. The van der Waals surface area contributed by atoms with Crippen LogP contribution in [0.2, 0.25) is 0 Å². The molecule has 4 rings (SSSR count). The van der Waals surface area contributed by atoms with Gasteiger partial charge in [-0.05, 0) is 42.3 Å². The lowest BCUT2D eigenvalue weighted by Crippen LogP contribution is -2.38. The monoisotopic (exact) mass is 536 g/mol. The zero-order valence-electron chi connectivity index (χ0n) is 19.3. The summed E-state index contributed by atoms with van der Waals surface area (Å²) in [5, 5.41) is -3.27. The summed E-state index contributed by atoms with van der Waals surface area (Å²) in [6.45, 7) is 1.75. The van der Waals surface area contributed by atoms with Crippen LogP contribution in [-0.4, -0.2) is 26.1 Å². The van der Waals surface area contributed by atoms with Crippen LogP contribution >= 0.6 is 0 Å². The maximum Gasteiger partial charge on any atom is 0.356 e. The van der Waals surface area contributed by atoms with Crippen LogP contribution in [0.5, 0.6) is 0 Å². The molecule has 1 heterocycles. The highest BCUT2D eigenvalue weighted by molar-refractivity contribution is 7.90. The average Bonchev–Trinajstić information content (AvgIpc) is 3.17. The third kappa shape index (κ3) is 4.91. The van der Waals surface area contributed by atoms with Gasteiger partial charge in [0.1, 0.15) is 10.7 Å². The normalized spacial score (nSPS) is 13.7. The summed E-state index contributed by atoms with van der Waals surface area (Å²) in [4.78, 5) is -0.447. The lowest BCUT2D eigenvalue weighted by molar-refractivity contribution is 0.112. The van der Waals surface area contributed by atoms with Crippen LogP contribution in [0.4, 0.5) is 13.2 Å². The Morgan fingerprint density at radius 3 is 2.17 bits per heavy atom. The van der Waals surface area contributed by atoms with Gasteiger partial charge in [-0.15, -0.1) is 0 Å².